The third-order valence-electron chi connectivity index (χ3n) is 6.53. The molecule has 0 unspecified atom stereocenters. The number of ether oxygens (including phenoxy) is 1. The number of fused-ring (bicyclic) bond motifs is 1. The molecule has 2 aliphatic heterocycles. The van der Waals surface area contributed by atoms with Crippen LogP contribution in [0.3, 0.4) is 0 Å². The second-order valence-corrected chi connectivity index (χ2v) is 8.53. The topological polar surface area (TPSA) is 82.4 Å². The number of halogens is 1. The summed E-state index contributed by atoms with van der Waals surface area (Å²) in [4.78, 5) is 26.3. The van der Waals surface area contributed by atoms with Gasteiger partial charge in [-0.25, -0.2) is 9.18 Å². The first kappa shape index (κ1) is 22.0. The largest absolute Gasteiger partial charge is 0.457 e. The van der Waals surface area contributed by atoms with Crippen LogP contribution in [0.5, 0.6) is 0 Å². The van der Waals surface area contributed by atoms with Crippen molar-refractivity contribution in [1.82, 2.24) is 10.2 Å². The van der Waals surface area contributed by atoms with Gasteiger partial charge in [0.25, 0.3) is 5.91 Å². The number of carbonyl (C=O) groups is 2. The van der Waals surface area contributed by atoms with E-state index in [0.29, 0.717) is 42.8 Å². The lowest BCUT2D eigenvalue weighted by Crippen LogP contribution is -2.52. The quantitative estimate of drug-likeness (QED) is 0.730. The van der Waals surface area contributed by atoms with Crippen LogP contribution in [0.15, 0.2) is 30.3 Å². The number of carbonyl (C=O) groups excluding carboxylic acids is 2. The fraction of sp³-hybridized carbons (Fsp3) is 0.400. The van der Waals surface area contributed by atoms with Crippen LogP contribution in [0, 0.1) is 25.2 Å². The minimum atomic E-state index is -1.15. The lowest BCUT2D eigenvalue weighted by molar-refractivity contribution is 0.0534. The molecule has 1 saturated heterocycles. The Bertz CT molecular complexity index is 1110. The maximum absolute atomic E-state index is 14.8. The van der Waals surface area contributed by atoms with Crippen molar-refractivity contribution in [3.8, 4) is 6.07 Å². The van der Waals surface area contributed by atoms with E-state index in [1.807, 2.05) is 19.1 Å². The Morgan fingerprint density at radius 2 is 2.12 bits per heavy atom. The summed E-state index contributed by atoms with van der Waals surface area (Å²) in [5.74, 6) is -0.584. The zero-order chi connectivity index (χ0) is 22.8. The van der Waals surface area contributed by atoms with E-state index >= 15 is 0 Å². The van der Waals surface area contributed by atoms with Gasteiger partial charge in [0.05, 0.1) is 23.2 Å². The molecule has 2 aliphatic rings. The van der Waals surface area contributed by atoms with Crippen LogP contribution in [0.25, 0.3) is 0 Å². The van der Waals surface area contributed by atoms with Gasteiger partial charge in [-0.05, 0) is 67.6 Å². The number of hydrogen-bond donors (Lipinski definition) is 1. The van der Waals surface area contributed by atoms with E-state index in [1.165, 1.54) is 0 Å². The second-order valence-electron chi connectivity index (χ2n) is 8.53. The number of rotatable bonds is 5. The number of aryl methyl sites for hydroxylation is 1. The van der Waals surface area contributed by atoms with Gasteiger partial charge in [-0.3, -0.25) is 9.69 Å². The highest BCUT2D eigenvalue weighted by Gasteiger charge is 2.31. The van der Waals surface area contributed by atoms with Gasteiger partial charge in [-0.2, -0.15) is 5.26 Å². The molecule has 166 valence electrons. The standard InChI is InChI=1S/C25H26FN3O3/c1-15-11-18(3-4-19(15)12-27)24(30)28-23-8-10-29(13-22(23)26)9-7-17-5-6-20-21(16(17)2)14-32-25(20)31/h3-6,11,22-23H,7-10,13-14H2,1-2H3,(H,28,30)/t22-,23+/m1/s1. The van der Waals surface area contributed by atoms with Crippen LogP contribution in [0.2, 0.25) is 0 Å². The number of nitrogens with one attached hydrogen (secondary N) is 1. The SMILES string of the molecule is Cc1cc(C(=O)N[C@H]2CCN(CCc3ccc4c(c3C)COC4=O)C[C@H]2F)ccc1C#N. The van der Waals surface area contributed by atoms with Gasteiger partial charge in [0.15, 0.2) is 0 Å². The predicted molar refractivity (Wildman–Crippen MR) is 117 cm³/mol. The molecule has 0 saturated carbocycles. The van der Waals surface area contributed by atoms with Gasteiger partial charge in [0, 0.05) is 30.8 Å². The van der Waals surface area contributed by atoms with Gasteiger partial charge in [-0.1, -0.05) is 6.07 Å². The number of likely N-dealkylation sites (tertiary alicyclic amines) is 1. The first-order valence-corrected chi connectivity index (χ1v) is 10.8. The van der Waals surface area contributed by atoms with Crippen LogP contribution >= 0.6 is 0 Å². The lowest BCUT2D eigenvalue weighted by atomic mass is 9.96. The van der Waals surface area contributed by atoms with E-state index in [1.54, 1.807) is 25.1 Å². The van der Waals surface area contributed by atoms with Crippen molar-refractivity contribution < 1.29 is 18.7 Å². The molecule has 0 aliphatic carbocycles. The average molecular weight is 435 g/mol. The van der Waals surface area contributed by atoms with Crippen LogP contribution < -0.4 is 5.32 Å². The molecule has 1 N–H and O–H groups in total. The van der Waals surface area contributed by atoms with Crippen molar-refractivity contribution in [3.63, 3.8) is 0 Å². The molecule has 2 heterocycles. The average Bonchev–Trinajstić information content (AvgIpc) is 3.16. The molecule has 4 rings (SSSR count). The summed E-state index contributed by atoms with van der Waals surface area (Å²) in [6.07, 6.45) is 0.147. The third kappa shape index (κ3) is 4.37. The molecule has 1 amide bonds. The van der Waals surface area contributed by atoms with E-state index in [4.69, 9.17) is 10.00 Å². The molecule has 0 radical (unpaired) electrons. The number of nitriles is 1. The molecule has 7 heteroatoms. The number of alkyl halides is 1. The second kappa shape index (κ2) is 9.09. The van der Waals surface area contributed by atoms with Crippen molar-refractivity contribution in [2.45, 2.75) is 45.5 Å². The molecule has 0 aromatic heterocycles. The monoisotopic (exact) mass is 435 g/mol. The van der Waals surface area contributed by atoms with E-state index in [2.05, 4.69) is 16.3 Å². The zero-order valence-corrected chi connectivity index (χ0v) is 18.3. The van der Waals surface area contributed by atoms with Gasteiger partial charge in [0.2, 0.25) is 0 Å². The number of amides is 1. The molecule has 1 fully saturated rings. The summed E-state index contributed by atoms with van der Waals surface area (Å²) >= 11 is 0. The first-order valence-electron chi connectivity index (χ1n) is 10.8. The maximum atomic E-state index is 14.8. The molecule has 2 aromatic carbocycles. The Kier molecular flexibility index (Phi) is 6.24. The van der Waals surface area contributed by atoms with Crippen LogP contribution in [-0.4, -0.2) is 48.6 Å². The summed E-state index contributed by atoms with van der Waals surface area (Å²) in [7, 11) is 0. The fourth-order valence-corrected chi connectivity index (χ4v) is 4.46. The van der Waals surface area contributed by atoms with Crippen molar-refractivity contribution in [1.29, 1.82) is 5.26 Å². The number of hydrogen-bond acceptors (Lipinski definition) is 5. The molecular formula is C25H26FN3O3. The number of benzene rings is 2. The minimum Gasteiger partial charge on any atom is -0.457 e. The highest BCUT2D eigenvalue weighted by Crippen LogP contribution is 2.26. The molecule has 32 heavy (non-hydrogen) atoms. The molecule has 2 aromatic rings. The number of nitrogens with zero attached hydrogens (tertiary/aromatic N) is 2. The van der Waals surface area contributed by atoms with E-state index in [0.717, 1.165) is 28.7 Å². The Labute approximate surface area is 187 Å². The summed E-state index contributed by atoms with van der Waals surface area (Å²) in [5.41, 5.74) is 5.50. The molecule has 6 nitrogen and oxygen atoms in total. The number of piperidine rings is 1. The number of esters is 1. The molecule has 0 bridgehead atoms. The lowest BCUT2D eigenvalue weighted by Gasteiger charge is -2.35. The zero-order valence-electron chi connectivity index (χ0n) is 18.3. The van der Waals surface area contributed by atoms with E-state index in [-0.39, 0.29) is 18.4 Å². The molecular weight excluding hydrogens is 409 g/mol. The van der Waals surface area contributed by atoms with Gasteiger partial charge < -0.3 is 10.1 Å². The third-order valence-corrected chi connectivity index (χ3v) is 6.53. The fourth-order valence-electron chi connectivity index (χ4n) is 4.46. The van der Waals surface area contributed by atoms with Crippen molar-refractivity contribution in [2.75, 3.05) is 19.6 Å². The van der Waals surface area contributed by atoms with Gasteiger partial charge >= 0.3 is 5.97 Å². The summed E-state index contributed by atoms with van der Waals surface area (Å²) in [5, 5.41) is 11.8. The van der Waals surface area contributed by atoms with Gasteiger partial charge in [-0.15, -0.1) is 0 Å². The maximum Gasteiger partial charge on any atom is 0.338 e. The molecule has 2 atom stereocenters. The molecule has 0 spiro atoms. The predicted octanol–water partition coefficient (Wildman–Crippen LogP) is 3.23. The van der Waals surface area contributed by atoms with Crippen molar-refractivity contribution >= 4 is 11.9 Å². The summed E-state index contributed by atoms with van der Waals surface area (Å²) < 4.78 is 20.0. The number of cyclic esters (lactones) is 1. The van der Waals surface area contributed by atoms with Crippen molar-refractivity contribution in [3.05, 3.63) is 69.3 Å². The van der Waals surface area contributed by atoms with Crippen LogP contribution in [0.1, 0.15) is 55.0 Å². The Morgan fingerprint density at radius 1 is 1.31 bits per heavy atom. The van der Waals surface area contributed by atoms with Crippen molar-refractivity contribution in [2.24, 2.45) is 0 Å². The van der Waals surface area contributed by atoms with Gasteiger partial charge in [0.1, 0.15) is 12.8 Å². The smallest absolute Gasteiger partial charge is 0.338 e. The van der Waals surface area contributed by atoms with Crippen LogP contribution in [-0.2, 0) is 17.8 Å². The normalized spacial score (nSPS) is 20.4. The first-order chi connectivity index (χ1) is 15.4. The Balaban J connectivity index is 1.31. The van der Waals surface area contributed by atoms with E-state index in [9.17, 15) is 14.0 Å². The Hall–Kier alpha value is -3.24. The highest BCUT2D eigenvalue weighted by molar-refractivity contribution is 5.95. The minimum absolute atomic E-state index is 0.267. The summed E-state index contributed by atoms with van der Waals surface area (Å²) in [6, 6.07) is 10.2. The van der Waals surface area contributed by atoms with Crippen LogP contribution in [0.4, 0.5) is 4.39 Å². The Morgan fingerprint density at radius 3 is 2.84 bits per heavy atom. The highest BCUT2D eigenvalue weighted by atomic mass is 19.1. The summed E-state index contributed by atoms with van der Waals surface area (Å²) in [6.45, 7) is 5.78. The van der Waals surface area contributed by atoms with E-state index < -0.39 is 12.2 Å².